The minimum atomic E-state index is -0.638. The smallest absolute Gasteiger partial charge is 0.395 e. The minimum Gasteiger partial charge on any atom is -0.395 e. The topological polar surface area (TPSA) is 85.8 Å². The highest BCUT2D eigenvalue weighted by Gasteiger charge is 2.29. The van der Waals surface area contributed by atoms with Crippen molar-refractivity contribution in [3.05, 3.63) is 50.4 Å². The highest BCUT2D eigenvalue weighted by Crippen LogP contribution is 2.22. The molecule has 3 heterocycles. The number of thiophene rings is 1. The number of amides is 1. The van der Waals surface area contributed by atoms with Crippen LogP contribution >= 0.6 is 11.3 Å². The van der Waals surface area contributed by atoms with Gasteiger partial charge >= 0.3 is 5.88 Å². The number of carbonyl (C=O) groups is 1. The van der Waals surface area contributed by atoms with Gasteiger partial charge in [0.1, 0.15) is 4.92 Å². The fourth-order valence-corrected chi connectivity index (χ4v) is 3.51. The van der Waals surface area contributed by atoms with Gasteiger partial charge < -0.3 is 14.1 Å². The van der Waals surface area contributed by atoms with Crippen LogP contribution in [0.5, 0.6) is 0 Å². The second kappa shape index (κ2) is 7.59. The minimum absolute atomic E-state index is 0.0133. The van der Waals surface area contributed by atoms with Crippen molar-refractivity contribution < 1.29 is 18.9 Å². The van der Waals surface area contributed by atoms with Gasteiger partial charge in [-0.2, -0.15) is 0 Å². The molecule has 0 radical (unpaired) electrons. The van der Waals surface area contributed by atoms with Crippen molar-refractivity contribution in [1.82, 2.24) is 4.90 Å². The molecule has 1 saturated heterocycles. The third-order valence-electron chi connectivity index (χ3n) is 4.05. The Hall–Kier alpha value is -2.19. The molecule has 0 N–H and O–H groups in total. The van der Waals surface area contributed by atoms with E-state index in [2.05, 4.69) is 0 Å². The van der Waals surface area contributed by atoms with Crippen LogP contribution in [0.15, 0.2) is 34.1 Å². The van der Waals surface area contributed by atoms with Crippen LogP contribution in [0.25, 0.3) is 0 Å². The van der Waals surface area contributed by atoms with Crippen LogP contribution in [0.3, 0.4) is 0 Å². The molecule has 1 amide bonds. The first kappa shape index (κ1) is 16.7. The van der Waals surface area contributed by atoms with E-state index in [0.717, 1.165) is 19.3 Å². The normalized spacial score (nSPS) is 15.3. The molecule has 1 fully saturated rings. The summed E-state index contributed by atoms with van der Waals surface area (Å²) in [7, 11) is 0. The van der Waals surface area contributed by atoms with E-state index < -0.39 is 10.8 Å². The van der Waals surface area contributed by atoms with Gasteiger partial charge in [-0.1, -0.05) is 6.07 Å². The van der Waals surface area contributed by atoms with Crippen LogP contribution in [0.1, 0.15) is 28.3 Å². The van der Waals surface area contributed by atoms with Gasteiger partial charge in [-0.3, -0.25) is 14.9 Å². The fourth-order valence-electron chi connectivity index (χ4n) is 2.81. The molecular weight excluding hydrogens is 332 g/mol. The molecule has 0 unspecified atom stereocenters. The Morgan fingerprint density at radius 3 is 2.75 bits per heavy atom. The Kier molecular flexibility index (Phi) is 5.27. The van der Waals surface area contributed by atoms with E-state index in [4.69, 9.17) is 9.15 Å². The van der Waals surface area contributed by atoms with E-state index in [1.807, 2.05) is 17.5 Å². The number of nitrogens with zero attached hydrogens (tertiary/aromatic N) is 2. The Morgan fingerprint density at radius 2 is 2.12 bits per heavy atom. The first-order chi connectivity index (χ1) is 11.6. The van der Waals surface area contributed by atoms with Crippen LogP contribution in [0, 0.1) is 10.1 Å². The summed E-state index contributed by atoms with van der Waals surface area (Å²) in [5.74, 6) is -0.700. The van der Waals surface area contributed by atoms with Crippen molar-refractivity contribution in [2.45, 2.75) is 25.3 Å². The lowest BCUT2D eigenvalue weighted by molar-refractivity contribution is -0.402. The molecule has 0 atom stereocenters. The monoisotopic (exact) mass is 350 g/mol. The van der Waals surface area contributed by atoms with E-state index in [9.17, 15) is 14.9 Å². The summed E-state index contributed by atoms with van der Waals surface area (Å²) in [5.41, 5.74) is 0. The number of rotatable bonds is 6. The fraction of sp³-hybridized carbons (Fsp3) is 0.438. The third-order valence-corrected chi connectivity index (χ3v) is 4.99. The first-order valence-corrected chi connectivity index (χ1v) is 8.68. The summed E-state index contributed by atoms with van der Waals surface area (Å²) in [6.45, 7) is 1.79. The van der Waals surface area contributed by atoms with Gasteiger partial charge in [0, 0.05) is 30.7 Å². The molecular formula is C16H18N2O5S. The van der Waals surface area contributed by atoms with E-state index in [1.165, 1.54) is 17.0 Å². The lowest BCUT2D eigenvalue weighted by Crippen LogP contribution is -2.44. The zero-order valence-electron chi connectivity index (χ0n) is 13.1. The number of nitro groups is 1. The molecule has 0 spiro atoms. The van der Waals surface area contributed by atoms with E-state index in [-0.39, 0.29) is 17.7 Å². The van der Waals surface area contributed by atoms with Crippen LogP contribution in [-0.4, -0.2) is 41.5 Å². The number of hydrogen-bond donors (Lipinski definition) is 0. The Morgan fingerprint density at radius 1 is 1.33 bits per heavy atom. The number of hydrogen-bond acceptors (Lipinski definition) is 6. The van der Waals surface area contributed by atoms with Crippen molar-refractivity contribution >= 4 is 23.1 Å². The average Bonchev–Trinajstić information content (AvgIpc) is 3.27. The van der Waals surface area contributed by atoms with Crippen LogP contribution in [-0.2, 0) is 11.2 Å². The second-order valence-corrected chi connectivity index (χ2v) is 6.60. The molecule has 1 aliphatic heterocycles. The number of furan rings is 1. The third kappa shape index (κ3) is 3.82. The van der Waals surface area contributed by atoms with Gasteiger partial charge in [-0.15, -0.1) is 11.3 Å². The summed E-state index contributed by atoms with van der Waals surface area (Å²) in [6, 6.07) is 6.67. The summed E-state index contributed by atoms with van der Waals surface area (Å²) >= 11 is 1.65. The lowest BCUT2D eigenvalue weighted by atomic mass is 10.1. The predicted molar refractivity (Wildman–Crippen MR) is 88.3 cm³/mol. The second-order valence-electron chi connectivity index (χ2n) is 5.57. The molecule has 24 heavy (non-hydrogen) atoms. The summed E-state index contributed by atoms with van der Waals surface area (Å²) < 4.78 is 10.5. The van der Waals surface area contributed by atoms with Crippen LogP contribution < -0.4 is 0 Å². The maximum atomic E-state index is 12.8. The highest BCUT2D eigenvalue weighted by molar-refractivity contribution is 7.09. The lowest BCUT2D eigenvalue weighted by Gasteiger charge is -2.33. The first-order valence-electron chi connectivity index (χ1n) is 7.80. The standard InChI is InChI=1S/C16H18N2O5S/c19-16(14-3-4-15(23-14)18(20)21)17(12-6-9-22-10-7-12)8-5-13-2-1-11-24-13/h1-4,11-12H,5-10H2. The molecule has 7 nitrogen and oxygen atoms in total. The molecule has 0 aromatic carbocycles. The van der Waals surface area contributed by atoms with Gasteiger partial charge in [-0.25, -0.2) is 0 Å². The van der Waals surface area contributed by atoms with Gasteiger partial charge in [-0.05, 0) is 36.8 Å². The van der Waals surface area contributed by atoms with Gasteiger partial charge in [0.25, 0.3) is 5.91 Å². The van der Waals surface area contributed by atoms with E-state index in [1.54, 1.807) is 16.2 Å². The van der Waals surface area contributed by atoms with Gasteiger partial charge in [0.2, 0.25) is 0 Å². The molecule has 3 rings (SSSR count). The zero-order chi connectivity index (χ0) is 16.9. The number of ether oxygens (including phenoxy) is 1. The SMILES string of the molecule is O=C(c1ccc([N+](=O)[O-])o1)N(CCc1cccs1)C1CCOCC1. The predicted octanol–water partition coefficient (Wildman–Crippen LogP) is 3.11. The van der Waals surface area contributed by atoms with Gasteiger partial charge in [0.05, 0.1) is 6.07 Å². The summed E-state index contributed by atoms with van der Waals surface area (Å²) in [4.78, 5) is 25.9. The zero-order valence-corrected chi connectivity index (χ0v) is 13.9. The summed E-state index contributed by atoms with van der Waals surface area (Å²) in [6.07, 6.45) is 2.28. The van der Waals surface area contributed by atoms with Crippen molar-refractivity contribution in [2.24, 2.45) is 0 Å². The molecule has 0 bridgehead atoms. The Labute approximate surface area is 143 Å². The molecule has 128 valence electrons. The van der Waals surface area contributed by atoms with E-state index >= 15 is 0 Å². The van der Waals surface area contributed by atoms with Crippen LogP contribution in [0.4, 0.5) is 5.88 Å². The van der Waals surface area contributed by atoms with Crippen molar-refractivity contribution in [2.75, 3.05) is 19.8 Å². The molecule has 2 aromatic heterocycles. The molecule has 8 heteroatoms. The van der Waals surface area contributed by atoms with Crippen molar-refractivity contribution in [1.29, 1.82) is 0 Å². The average molecular weight is 350 g/mol. The van der Waals surface area contributed by atoms with Gasteiger partial charge in [0.15, 0.2) is 5.76 Å². The van der Waals surface area contributed by atoms with Crippen molar-refractivity contribution in [3.8, 4) is 0 Å². The van der Waals surface area contributed by atoms with Crippen molar-refractivity contribution in [3.63, 3.8) is 0 Å². The molecule has 2 aromatic rings. The number of carbonyl (C=O) groups excluding carboxylic acids is 1. The Bertz CT molecular complexity index is 691. The summed E-state index contributed by atoms with van der Waals surface area (Å²) in [5, 5.41) is 12.8. The highest BCUT2D eigenvalue weighted by atomic mass is 32.1. The molecule has 0 saturated carbocycles. The molecule has 0 aliphatic carbocycles. The maximum Gasteiger partial charge on any atom is 0.433 e. The van der Waals surface area contributed by atoms with E-state index in [0.29, 0.717) is 19.8 Å². The van der Waals surface area contributed by atoms with Crippen LogP contribution in [0.2, 0.25) is 0 Å². The Balaban J connectivity index is 1.76. The largest absolute Gasteiger partial charge is 0.433 e. The maximum absolute atomic E-state index is 12.8. The quantitative estimate of drug-likeness (QED) is 0.590. The molecule has 1 aliphatic rings.